The lowest BCUT2D eigenvalue weighted by Crippen LogP contribution is -2.71. The number of amides is 3. The second kappa shape index (κ2) is 8.97. The van der Waals surface area contributed by atoms with E-state index in [9.17, 15) is 24.3 Å². The van der Waals surface area contributed by atoms with Crippen LogP contribution in [0.4, 0.5) is 5.13 Å². The van der Waals surface area contributed by atoms with Gasteiger partial charge in [-0.25, -0.2) is 9.78 Å². The number of nitrogens with one attached hydrogen (secondary N) is 2. The number of thioether (sulfide) groups is 1. The van der Waals surface area contributed by atoms with Crippen LogP contribution in [0.15, 0.2) is 22.3 Å². The molecule has 0 saturated carbocycles. The van der Waals surface area contributed by atoms with Crippen LogP contribution in [0.25, 0.3) is 0 Å². The Morgan fingerprint density at radius 2 is 2.30 bits per heavy atom. The quantitative estimate of drug-likeness (QED) is 0.124. The number of aliphatic carboxylic acids is 1. The van der Waals surface area contributed by atoms with E-state index in [0.29, 0.717) is 6.41 Å². The molecular weight excluding hydrogens is 434 g/mol. The second-order valence-corrected chi connectivity index (χ2v) is 8.32. The topological polar surface area (TPSA) is 150 Å². The zero-order valence-corrected chi connectivity index (χ0v) is 17.0. The number of carbonyl (C=O) groups is 4. The zero-order chi connectivity index (χ0) is 21.8. The average Bonchev–Trinajstić information content (AvgIpc) is 3.17. The summed E-state index contributed by atoms with van der Waals surface area (Å²) >= 11 is 2.40. The summed E-state index contributed by atoms with van der Waals surface area (Å²) in [6.07, 6.45) is 7.03. The number of carboxylic acid groups (broad SMARTS) is 1. The predicted octanol–water partition coefficient (Wildman–Crippen LogP) is -0.178. The number of hydrogen-bond acceptors (Lipinski definition) is 9. The summed E-state index contributed by atoms with van der Waals surface area (Å²) in [5.74, 6) is -0.318. The maximum Gasteiger partial charge on any atom is 0.352 e. The highest BCUT2D eigenvalue weighted by Crippen LogP contribution is 2.40. The maximum absolute atomic E-state index is 12.8. The van der Waals surface area contributed by atoms with E-state index in [1.807, 2.05) is 0 Å². The Morgan fingerprint density at radius 3 is 2.97 bits per heavy atom. The van der Waals surface area contributed by atoms with Crippen LogP contribution in [0.5, 0.6) is 0 Å². The number of anilines is 1. The van der Waals surface area contributed by atoms with Crippen molar-refractivity contribution in [1.82, 2.24) is 15.2 Å². The van der Waals surface area contributed by atoms with Crippen molar-refractivity contribution < 1.29 is 29.1 Å². The van der Waals surface area contributed by atoms with Crippen LogP contribution in [0, 0.1) is 12.3 Å². The van der Waals surface area contributed by atoms with Gasteiger partial charge in [0, 0.05) is 10.6 Å². The molecule has 13 heteroatoms. The summed E-state index contributed by atoms with van der Waals surface area (Å²) in [5.41, 5.74) is -0.245. The molecule has 11 nitrogen and oxygen atoms in total. The average molecular weight is 449 g/mol. The number of nitrogens with zero attached hydrogens (tertiary/aromatic N) is 3. The summed E-state index contributed by atoms with van der Waals surface area (Å²) in [4.78, 5) is 57.4. The van der Waals surface area contributed by atoms with Crippen molar-refractivity contribution in [1.29, 1.82) is 0 Å². The fourth-order valence-corrected chi connectivity index (χ4v) is 4.76. The van der Waals surface area contributed by atoms with Crippen LogP contribution in [0.1, 0.15) is 12.6 Å². The molecule has 3 rings (SSSR count). The molecule has 1 saturated heterocycles. The van der Waals surface area contributed by atoms with E-state index in [1.165, 1.54) is 23.2 Å². The number of rotatable bonds is 8. The molecule has 30 heavy (non-hydrogen) atoms. The highest BCUT2D eigenvalue weighted by atomic mass is 32.2. The first-order valence-corrected chi connectivity index (χ1v) is 10.2. The molecule has 2 unspecified atom stereocenters. The number of carboxylic acids is 1. The molecule has 3 N–H and O–H groups in total. The minimum atomic E-state index is -1.21. The SMILES string of the molecule is C#CCO/N=C(/C(=O)NC1C(=O)N2C(C(=O)O)=CC(C)S[C@H]12)c1csc(NC=O)n1. The minimum absolute atomic E-state index is 0.110. The highest BCUT2D eigenvalue weighted by Gasteiger charge is 2.54. The van der Waals surface area contributed by atoms with Gasteiger partial charge in [0.2, 0.25) is 6.41 Å². The molecule has 3 heterocycles. The Balaban J connectivity index is 1.79. The monoisotopic (exact) mass is 449 g/mol. The standard InChI is InChI=1S/C17H15N5O6S2/c1-3-4-28-21-11(9-6-29-17(19-9)18-7-23)13(24)20-12-14(25)22-10(16(26)27)5-8(2)30-15(12)22/h1,5-8,12,15H,4H2,2H3,(H,20,24)(H,26,27)(H,18,19,23)/b21-11+/t8?,12?,15-/m1/s1. The molecule has 0 spiro atoms. The number of hydrogen-bond donors (Lipinski definition) is 3. The van der Waals surface area contributed by atoms with E-state index in [4.69, 9.17) is 11.3 Å². The third kappa shape index (κ3) is 4.14. The third-order valence-electron chi connectivity index (χ3n) is 4.00. The fourth-order valence-electron chi connectivity index (χ4n) is 2.78. The molecule has 2 aliphatic rings. The Hall–Kier alpha value is -3.37. The van der Waals surface area contributed by atoms with Crippen LogP contribution in [0.2, 0.25) is 0 Å². The summed E-state index contributed by atoms with van der Waals surface area (Å²) in [5, 5.41) is 18.9. The molecule has 3 atom stereocenters. The highest BCUT2D eigenvalue weighted by molar-refractivity contribution is 8.00. The molecule has 0 bridgehead atoms. The van der Waals surface area contributed by atoms with Gasteiger partial charge in [-0.3, -0.25) is 19.3 Å². The first-order chi connectivity index (χ1) is 14.4. The molecule has 0 aromatic carbocycles. The van der Waals surface area contributed by atoms with Crippen molar-refractivity contribution in [3.8, 4) is 12.3 Å². The number of aromatic nitrogens is 1. The molecule has 3 amide bonds. The molecule has 0 radical (unpaired) electrons. The van der Waals surface area contributed by atoms with Crippen molar-refractivity contribution in [2.24, 2.45) is 5.16 Å². The third-order valence-corrected chi connectivity index (χ3v) is 6.10. The Kier molecular flexibility index (Phi) is 6.38. The molecular formula is C17H15N5O6S2. The first kappa shape index (κ1) is 21.3. The zero-order valence-electron chi connectivity index (χ0n) is 15.4. The smallest absolute Gasteiger partial charge is 0.352 e. The van der Waals surface area contributed by atoms with Crippen molar-refractivity contribution in [3.05, 3.63) is 22.8 Å². The fraction of sp³-hybridized carbons (Fsp3) is 0.294. The number of β-lactam (4-membered cyclic amide) rings is 1. The van der Waals surface area contributed by atoms with E-state index >= 15 is 0 Å². The number of carbonyl (C=O) groups excluding carboxylic acids is 3. The molecule has 1 aromatic rings. The van der Waals surface area contributed by atoms with E-state index < -0.39 is 29.2 Å². The summed E-state index contributed by atoms with van der Waals surface area (Å²) in [6.45, 7) is 1.60. The number of thiazole rings is 1. The van der Waals surface area contributed by atoms with Gasteiger partial charge in [-0.2, -0.15) is 0 Å². The van der Waals surface area contributed by atoms with Crippen LogP contribution in [-0.2, 0) is 24.0 Å². The number of fused-ring (bicyclic) bond motifs is 1. The van der Waals surface area contributed by atoms with Gasteiger partial charge in [0.1, 0.15) is 22.8 Å². The van der Waals surface area contributed by atoms with Gasteiger partial charge < -0.3 is 20.6 Å². The number of oxime groups is 1. The van der Waals surface area contributed by atoms with Gasteiger partial charge in [0.05, 0.1) is 0 Å². The van der Waals surface area contributed by atoms with Crippen LogP contribution in [-0.4, -0.2) is 68.2 Å². The normalized spacial score (nSPS) is 22.7. The van der Waals surface area contributed by atoms with Crippen LogP contribution >= 0.6 is 23.1 Å². The van der Waals surface area contributed by atoms with Crippen molar-refractivity contribution in [2.75, 3.05) is 11.9 Å². The molecule has 1 fully saturated rings. The Bertz CT molecular complexity index is 997. The molecule has 2 aliphatic heterocycles. The molecule has 0 aliphatic carbocycles. The van der Waals surface area contributed by atoms with Crippen molar-refractivity contribution in [2.45, 2.75) is 23.6 Å². The lowest BCUT2D eigenvalue weighted by atomic mass is 10.0. The Morgan fingerprint density at radius 1 is 1.53 bits per heavy atom. The minimum Gasteiger partial charge on any atom is -0.477 e. The van der Waals surface area contributed by atoms with E-state index in [1.54, 1.807) is 6.92 Å². The lowest BCUT2D eigenvalue weighted by Gasteiger charge is -2.49. The Labute approximate surface area is 178 Å². The molecule has 156 valence electrons. The van der Waals surface area contributed by atoms with Crippen molar-refractivity contribution >= 4 is 58.1 Å². The largest absolute Gasteiger partial charge is 0.477 e. The van der Waals surface area contributed by atoms with Gasteiger partial charge in [-0.15, -0.1) is 29.5 Å². The van der Waals surface area contributed by atoms with Gasteiger partial charge >= 0.3 is 5.97 Å². The van der Waals surface area contributed by atoms with Gasteiger partial charge in [0.15, 0.2) is 17.5 Å². The van der Waals surface area contributed by atoms with E-state index in [-0.39, 0.29) is 34.1 Å². The van der Waals surface area contributed by atoms with E-state index in [2.05, 4.69) is 26.7 Å². The summed E-state index contributed by atoms with van der Waals surface area (Å²) in [6, 6.07) is -0.947. The van der Waals surface area contributed by atoms with Crippen LogP contribution in [0.3, 0.4) is 0 Å². The summed E-state index contributed by atoms with van der Waals surface area (Å²) in [7, 11) is 0. The van der Waals surface area contributed by atoms with Gasteiger partial charge in [-0.1, -0.05) is 11.1 Å². The summed E-state index contributed by atoms with van der Waals surface area (Å²) < 4.78 is 0. The second-order valence-electron chi connectivity index (χ2n) is 5.97. The van der Waals surface area contributed by atoms with Crippen LogP contribution < -0.4 is 10.6 Å². The first-order valence-electron chi connectivity index (χ1n) is 8.41. The molecule has 1 aromatic heterocycles. The van der Waals surface area contributed by atoms with Crippen molar-refractivity contribution in [3.63, 3.8) is 0 Å². The van der Waals surface area contributed by atoms with Gasteiger partial charge in [0.25, 0.3) is 11.8 Å². The lowest BCUT2D eigenvalue weighted by molar-refractivity contribution is -0.150. The van der Waals surface area contributed by atoms with E-state index in [0.717, 1.165) is 16.2 Å². The predicted molar refractivity (Wildman–Crippen MR) is 108 cm³/mol. The van der Waals surface area contributed by atoms with Gasteiger partial charge in [-0.05, 0) is 13.0 Å². The maximum atomic E-state index is 12.8. The number of terminal acetylenes is 1.